The van der Waals surface area contributed by atoms with Crippen LogP contribution in [0.25, 0.3) is 0 Å². The summed E-state index contributed by atoms with van der Waals surface area (Å²) >= 11 is 12.8. The zero-order chi connectivity index (χ0) is 32.6. The summed E-state index contributed by atoms with van der Waals surface area (Å²) in [6, 6.07) is 28.2. The first-order chi connectivity index (χ1) is 21.5. The highest BCUT2D eigenvalue weighted by molar-refractivity contribution is 7.92. The van der Waals surface area contributed by atoms with Crippen LogP contribution in [0.4, 0.5) is 5.69 Å². The normalized spacial score (nSPS) is 12.6. The van der Waals surface area contributed by atoms with E-state index in [2.05, 4.69) is 5.32 Å². The predicted octanol–water partition coefficient (Wildman–Crippen LogP) is 7.05. The number of hydrogen-bond acceptors (Lipinski definition) is 4. The number of sulfonamides is 1. The Hall–Kier alpha value is -3.85. The maximum Gasteiger partial charge on any atom is 0.264 e. The molecule has 0 aliphatic rings. The molecule has 4 aromatic rings. The van der Waals surface area contributed by atoms with Crippen LogP contribution in [0.1, 0.15) is 37.0 Å². The Labute approximate surface area is 275 Å². The van der Waals surface area contributed by atoms with Gasteiger partial charge in [-0.25, -0.2) is 8.42 Å². The molecule has 0 spiro atoms. The Bertz CT molecular complexity index is 1720. The molecule has 236 valence electrons. The molecular formula is C35H37Cl2N3O4S. The van der Waals surface area contributed by atoms with E-state index < -0.39 is 28.5 Å². The van der Waals surface area contributed by atoms with Crippen LogP contribution in [-0.2, 0) is 32.6 Å². The molecule has 0 saturated heterocycles. The number of anilines is 1. The number of amides is 2. The number of nitrogens with zero attached hydrogens (tertiary/aromatic N) is 2. The monoisotopic (exact) mass is 665 g/mol. The Morgan fingerprint density at radius 2 is 1.49 bits per heavy atom. The van der Waals surface area contributed by atoms with Gasteiger partial charge in [0, 0.05) is 29.1 Å². The lowest BCUT2D eigenvalue weighted by Crippen LogP contribution is -2.54. The van der Waals surface area contributed by atoms with Crippen molar-refractivity contribution >= 4 is 50.7 Å². The molecule has 0 aliphatic heterocycles. The Balaban J connectivity index is 1.83. The minimum atomic E-state index is -4.21. The van der Waals surface area contributed by atoms with Gasteiger partial charge >= 0.3 is 0 Å². The van der Waals surface area contributed by atoms with Gasteiger partial charge < -0.3 is 10.2 Å². The van der Waals surface area contributed by atoms with E-state index in [0.717, 1.165) is 9.87 Å². The number of carbonyl (C=O) groups is 2. The molecule has 4 rings (SSSR count). The fraction of sp³-hybridized carbons (Fsp3) is 0.257. The van der Waals surface area contributed by atoms with E-state index in [1.54, 1.807) is 67.6 Å². The molecule has 0 fully saturated rings. The van der Waals surface area contributed by atoms with Gasteiger partial charge in [-0.3, -0.25) is 13.9 Å². The summed E-state index contributed by atoms with van der Waals surface area (Å²) in [6.45, 7) is 5.02. The van der Waals surface area contributed by atoms with E-state index >= 15 is 0 Å². The van der Waals surface area contributed by atoms with E-state index in [0.29, 0.717) is 33.3 Å². The van der Waals surface area contributed by atoms with Crippen molar-refractivity contribution < 1.29 is 18.0 Å². The van der Waals surface area contributed by atoms with Crippen molar-refractivity contribution in [2.24, 2.45) is 0 Å². The number of nitrogens with one attached hydrogen (secondary N) is 1. The first kappa shape index (κ1) is 34.0. The summed E-state index contributed by atoms with van der Waals surface area (Å²) in [5.41, 5.74) is 2.35. The van der Waals surface area contributed by atoms with Crippen LogP contribution in [0, 0.1) is 6.92 Å². The van der Waals surface area contributed by atoms with Gasteiger partial charge in [-0.2, -0.15) is 0 Å². The lowest BCUT2D eigenvalue weighted by Gasteiger charge is -2.34. The molecule has 10 heteroatoms. The highest BCUT2D eigenvalue weighted by Gasteiger charge is 2.35. The van der Waals surface area contributed by atoms with Crippen molar-refractivity contribution in [2.75, 3.05) is 10.8 Å². The molecule has 4 aromatic carbocycles. The van der Waals surface area contributed by atoms with Crippen molar-refractivity contribution in [2.45, 2.75) is 57.1 Å². The molecule has 0 aromatic heterocycles. The summed E-state index contributed by atoms with van der Waals surface area (Å²) in [6.07, 6.45) is 0.909. The molecule has 7 nitrogen and oxygen atoms in total. The Morgan fingerprint density at radius 1 is 0.867 bits per heavy atom. The van der Waals surface area contributed by atoms with Crippen molar-refractivity contribution in [3.8, 4) is 0 Å². The molecule has 45 heavy (non-hydrogen) atoms. The maximum absolute atomic E-state index is 14.6. The third-order valence-electron chi connectivity index (χ3n) is 7.61. The number of rotatable bonds is 13. The van der Waals surface area contributed by atoms with Crippen molar-refractivity contribution in [3.63, 3.8) is 0 Å². The van der Waals surface area contributed by atoms with Crippen LogP contribution in [0.3, 0.4) is 0 Å². The average Bonchev–Trinajstić information content (AvgIpc) is 3.03. The Kier molecular flexibility index (Phi) is 11.7. The molecular weight excluding hydrogens is 629 g/mol. The van der Waals surface area contributed by atoms with Crippen molar-refractivity contribution in [1.29, 1.82) is 0 Å². The van der Waals surface area contributed by atoms with E-state index in [4.69, 9.17) is 23.2 Å². The average molecular weight is 667 g/mol. The highest BCUT2D eigenvalue weighted by atomic mass is 35.5. The number of aryl methyl sites for hydroxylation is 1. The van der Waals surface area contributed by atoms with Crippen LogP contribution < -0.4 is 9.62 Å². The largest absolute Gasteiger partial charge is 0.352 e. The van der Waals surface area contributed by atoms with Crippen LogP contribution in [0.15, 0.2) is 108 Å². The molecule has 0 radical (unpaired) electrons. The van der Waals surface area contributed by atoms with Crippen molar-refractivity contribution in [1.82, 2.24) is 10.2 Å². The Morgan fingerprint density at radius 3 is 2.11 bits per heavy atom. The molecule has 2 atom stereocenters. The minimum Gasteiger partial charge on any atom is -0.352 e. The smallest absolute Gasteiger partial charge is 0.264 e. The van der Waals surface area contributed by atoms with Gasteiger partial charge in [-0.1, -0.05) is 96.9 Å². The topological polar surface area (TPSA) is 86.8 Å². The molecule has 0 heterocycles. The highest BCUT2D eigenvalue weighted by Crippen LogP contribution is 2.30. The number of benzene rings is 4. The van der Waals surface area contributed by atoms with Gasteiger partial charge in [0.25, 0.3) is 10.0 Å². The first-order valence-electron chi connectivity index (χ1n) is 14.7. The van der Waals surface area contributed by atoms with E-state index in [9.17, 15) is 18.0 Å². The van der Waals surface area contributed by atoms with Gasteiger partial charge in [-0.15, -0.1) is 0 Å². The second kappa shape index (κ2) is 15.4. The second-order valence-corrected chi connectivity index (χ2v) is 13.6. The SMILES string of the molecule is CC[C@H](C)NC(=O)[C@@H](Cc1ccccc1)N(Cc1ccccc1Cl)C(=O)CN(c1ccc(Cl)cc1C)S(=O)(=O)c1ccccc1. The predicted molar refractivity (Wildman–Crippen MR) is 181 cm³/mol. The van der Waals surface area contributed by atoms with Crippen LogP contribution in [-0.4, -0.2) is 43.8 Å². The second-order valence-electron chi connectivity index (χ2n) is 10.9. The van der Waals surface area contributed by atoms with E-state index in [1.807, 2.05) is 44.2 Å². The van der Waals surface area contributed by atoms with Gasteiger partial charge in [0.05, 0.1) is 10.6 Å². The first-order valence-corrected chi connectivity index (χ1v) is 16.9. The summed E-state index contributed by atoms with van der Waals surface area (Å²) in [4.78, 5) is 29.9. The van der Waals surface area contributed by atoms with Gasteiger partial charge in [0.1, 0.15) is 12.6 Å². The van der Waals surface area contributed by atoms with Gasteiger partial charge in [0.15, 0.2) is 0 Å². The fourth-order valence-corrected chi connectivity index (χ4v) is 6.86. The molecule has 0 saturated carbocycles. The summed E-state index contributed by atoms with van der Waals surface area (Å²) in [7, 11) is -4.21. The van der Waals surface area contributed by atoms with Crippen LogP contribution in [0.5, 0.6) is 0 Å². The molecule has 0 aliphatic carbocycles. The van der Waals surface area contributed by atoms with Gasteiger partial charge in [0.2, 0.25) is 11.8 Å². The molecule has 2 amide bonds. The lowest BCUT2D eigenvalue weighted by atomic mass is 10.0. The minimum absolute atomic E-state index is 0.0112. The number of halogens is 2. The summed E-state index contributed by atoms with van der Waals surface area (Å²) in [5, 5.41) is 3.89. The third-order valence-corrected chi connectivity index (χ3v) is 9.99. The lowest BCUT2D eigenvalue weighted by molar-refractivity contribution is -0.140. The van der Waals surface area contributed by atoms with Crippen molar-refractivity contribution in [3.05, 3.63) is 130 Å². The molecule has 0 bridgehead atoms. The third kappa shape index (κ3) is 8.66. The van der Waals surface area contributed by atoms with Crippen LogP contribution in [0.2, 0.25) is 10.0 Å². The van der Waals surface area contributed by atoms with E-state index in [1.165, 1.54) is 17.0 Å². The van der Waals surface area contributed by atoms with Gasteiger partial charge in [-0.05, 0) is 73.4 Å². The number of hydrogen-bond donors (Lipinski definition) is 1. The van der Waals surface area contributed by atoms with E-state index in [-0.39, 0.29) is 29.8 Å². The fourth-order valence-electron chi connectivity index (χ4n) is 4.94. The quantitative estimate of drug-likeness (QED) is 0.166. The molecule has 0 unspecified atom stereocenters. The van der Waals surface area contributed by atoms with Crippen LogP contribution >= 0.6 is 23.2 Å². The standard InChI is InChI=1S/C35H37Cl2N3O4S/c1-4-26(3)38-35(42)33(22-27-13-7-5-8-14-27)39(23-28-15-11-12-18-31(28)37)34(41)24-40(32-20-19-29(36)21-25(32)2)45(43,44)30-16-9-6-10-17-30/h5-21,26,33H,4,22-24H2,1-3H3,(H,38,42)/t26-,33+/m0/s1. The summed E-state index contributed by atoms with van der Waals surface area (Å²) < 4.78 is 29.4. The maximum atomic E-state index is 14.6. The number of carbonyl (C=O) groups excluding carboxylic acids is 2. The summed E-state index contributed by atoms with van der Waals surface area (Å²) in [5.74, 6) is -0.905. The zero-order valence-electron chi connectivity index (χ0n) is 25.5. The zero-order valence-corrected chi connectivity index (χ0v) is 27.8. The molecule has 1 N–H and O–H groups in total.